The fourth-order valence-corrected chi connectivity index (χ4v) is 1.46. The summed E-state index contributed by atoms with van der Waals surface area (Å²) in [4.78, 5) is 17.7. The molecule has 0 spiro atoms. The number of rotatable bonds is 7. The Hall–Kier alpha value is -1.92. The molecule has 0 radical (unpaired) electrons. The van der Waals surface area contributed by atoms with Gasteiger partial charge in [0, 0.05) is 6.54 Å². The normalized spacial score (nSPS) is 10.2. The molecule has 0 aliphatic heterocycles. The Morgan fingerprint density at radius 2 is 2.18 bits per heavy atom. The van der Waals surface area contributed by atoms with E-state index >= 15 is 0 Å². The number of nitrogens with two attached hydrogens (primary N) is 1. The highest BCUT2D eigenvalue weighted by atomic mass is 16.6. The number of hydrogen-bond acceptors (Lipinski definition) is 6. The largest absolute Gasteiger partial charge is 0.378 e. The molecule has 0 fully saturated rings. The molecule has 94 valence electrons. The van der Waals surface area contributed by atoms with E-state index in [1.807, 2.05) is 0 Å². The van der Waals surface area contributed by atoms with Gasteiger partial charge in [0.15, 0.2) is 0 Å². The predicted molar refractivity (Wildman–Crippen MR) is 65.7 cm³/mol. The number of hydrogen-bond donors (Lipinski definition) is 2. The lowest BCUT2D eigenvalue weighted by Gasteiger charge is -2.06. The first-order valence-electron chi connectivity index (χ1n) is 5.65. The standard InChI is InChI=1S/C10H17N5O2/c1-2-3-4-5-6-12-10-8(15(16)17)9(11)13-7-14-10/h7H,2-6H2,1H3,(H3,11,12,13,14). The number of nitrogens with one attached hydrogen (secondary N) is 1. The second kappa shape index (κ2) is 6.62. The highest BCUT2D eigenvalue weighted by Crippen LogP contribution is 2.26. The van der Waals surface area contributed by atoms with Crippen LogP contribution in [0.25, 0.3) is 0 Å². The van der Waals surface area contributed by atoms with Crippen molar-refractivity contribution in [3.05, 3.63) is 16.4 Å². The van der Waals surface area contributed by atoms with Gasteiger partial charge in [-0.3, -0.25) is 10.1 Å². The minimum Gasteiger partial charge on any atom is -0.378 e. The minimum atomic E-state index is -0.566. The van der Waals surface area contributed by atoms with E-state index in [0.717, 1.165) is 25.7 Å². The molecule has 0 atom stereocenters. The number of unbranched alkanes of at least 4 members (excludes halogenated alkanes) is 3. The van der Waals surface area contributed by atoms with Crippen LogP contribution >= 0.6 is 0 Å². The van der Waals surface area contributed by atoms with Crippen molar-refractivity contribution in [2.45, 2.75) is 32.6 Å². The van der Waals surface area contributed by atoms with Crippen LogP contribution in [0, 0.1) is 10.1 Å². The number of aromatic nitrogens is 2. The Morgan fingerprint density at radius 3 is 2.82 bits per heavy atom. The van der Waals surface area contributed by atoms with Crippen molar-refractivity contribution < 1.29 is 4.92 Å². The van der Waals surface area contributed by atoms with Crippen LogP contribution in [-0.2, 0) is 0 Å². The number of nitrogen functional groups attached to an aromatic ring is 1. The van der Waals surface area contributed by atoms with E-state index in [4.69, 9.17) is 5.73 Å². The van der Waals surface area contributed by atoms with Crippen molar-refractivity contribution in [1.82, 2.24) is 9.97 Å². The fraction of sp³-hybridized carbons (Fsp3) is 0.600. The van der Waals surface area contributed by atoms with Gasteiger partial charge in [0.05, 0.1) is 4.92 Å². The third-order valence-electron chi connectivity index (χ3n) is 2.36. The Labute approximate surface area is 99.6 Å². The fourth-order valence-electron chi connectivity index (χ4n) is 1.46. The summed E-state index contributed by atoms with van der Waals surface area (Å²) in [5, 5.41) is 13.7. The lowest BCUT2D eigenvalue weighted by molar-refractivity contribution is -0.383. The molecular formula is C10H17N5O2. The molecule has 0 saturated carbocycles. The Morgan fingerprint density at radius 1 is 1.41 bits per heavy atom. The van der Waals surface area contributed by atoms with Crippen LogP contribution in [0.4, 0.5) is 17.3 Å². The van der Waals surface area contributed by atoms with Crippen LogP contribution in [-0.4, -0.2) is 21.4 Å². The average Bonchev–Trinajstić information content (AvgIpc) is 2.28. The lowest BCUT2D eigenvalue weighted by atomic mass is 10.2. The van der Waals surface area contributed by atoms with Gasteiger partial charge in [-0.2, -0.15) is 0 Å². The highest BCUT2D eigenvalue weighted by molar-refractivity contribution is 5.67. The van der Waals surface area contributed by atoms with E-state index in [2.05, 4.69) is 22.2 Å². The van der Waals surface area contributed by atoms with E-state index in [1.165, 1.54) is 6.33 Å². The van der Waals surface area contributed by atoms with Crippen LogP contribution in [0.5, 0.6) is 0 Å². The molecule has 0 aliphatic carbocycles. The maximum Gasteiger partial charge on any atom is 0.352 e. The van der Waals surface area contributed by atoms with Crippen molar-refractivity contribution in [3.8, 4) is 0 Å². The Kier molecular flexibility index (Phi) is 5.12. The smallest absolute Gasteiger partial charge is 0.352 e. The minimum absolute atomic E-state index is 0.110. The summed E-state index contributed by atoms with van der Waals surface area (Å²) in [5.74, 6) is 0.0834. The number of nitrogens with zero attached hydrogens (tertiary/aromatic N) is 3. The van der Waals surface area contributed by atoms with Gasteiger partial charge in [0.1, 0.15) is 6.33 Å². The molecule has 0 aliphatic rings. The van der Waals surface area contributed by atoms with E-state index < -0.39 is 4.92 Å². The number of nitro groups is 1. The summed E-state index contributed by atoms with van der Waals surface area (Å²) < 4.78 is 0. The molecule has 0 saturated heterocycles. The van der Waals surface area contributed by atoms with E-state index in [0.29, 0.717) is 6.54 Å². The van der Waals surface area contributed by atoms with E-state index in [1.54, 1.807) is 0 Å². The first-order valence-corrected chi connectivity index (χ1v) is 5.65. The summed E-state index contributed by atoms with van der Waals surface area (Å²) in [6.07, 6.45) is 5.58. The summed E-state index contributed by atoms with van der Waals surface area (Å²) in [7, 11) is 0. The van der Waals surface area contributed by atoms with Gasteiger partial charge >= 0.3 is 5.69 Å². The van der Waals surface area contributed by atoms with Gasteiger partial charge in [-0.15, -0.1) is 0 Å². The summed E-state index contributed by atoms with van der Waals surface area (Å²) >= 11 is 0. The first-order chi connectivity index (χ1) is 8.16. The number of anilines is 2. The van der Waals surface area contributed by atoms with Crippen molar-refractivity contribution in [2.75, 3.05) is 17.6 Å². The molecule has 3 N–H and O–H groups in total. The van der Waals surface area contributed by atoms with Gasteiger partial charge in [-0.25, -0.2) is 9.97 Å². The zero-order valence-corrected chi connectivity index (χ0v) is 9.85. The summed E-state index contributed by atoms with van der Waals surface area (Å²) in [6.45, 7) is 2.78. The zero-order valence-electron chi connectivity index (χ0n) is 9.85. The van der Waals surface area contributed by atoms with Crippen LogP contribution in [0.15, 0.2) is 6.33 Å². The average molecular weight is 239 g/mol. The second-order valence-electron chi connectivity index (χ2n) is 3.70. The van der Waals surface area contributed by atoms with Crippen LogP contribution < -0.4 is 11.1 Å². The van der Waals surface area contributed by atoms with Crippen molar-refractivity contribution >= 4 is 17.3 Å². The molecule has 0 amide bonds. The molecule has 1 rings (SSSR count). The monoisotopic (exact) mass is 239 g/mol. The van der Waals surface area contributed by atoms with Gasteiger partial charge < -0.3 is 11.1 Å². The third kappa shape index (κ3) is 3.86. The molecule has 1 aromatic heterocycles. The molecule has 0 aromatic carbocycles. The van der Waals surface area contributed by atoms with Gasteiger partial charge in [0.2, 0.25) is 11.6 Å². The van der Waals surface area contributed by atoms with Gasteiger partial charge in [0.25, 0.3) is 0 Å². The SMILES string of the molecule is CCCCCCNc1ncnc(N)c1[N+](=O)[O-]. The van der Waals surface area contributed by atoms with Crippen LogP contribution in [0.3, 0.4) is 0 Å². The van der Waals surface area contributed by atoms with Crippen LogP contribution in [0.2, 0.25) is 0 Å². The van der Waals surface area contributed by atoms with Gasteiger partial charge in [-0.05, 0) is 6.42 Å². The second-order valence-corrected chi connectivity index (χ2v) is 3.70. The molecular weight excluding hydrogens is 222 g/mol. The van der Waals surface area contributed by atoms with Crippen LogP contribution in [0.1, 0.15) is 32.6 Å². The first kappa shape index (κ1) is 13.1. The Balaban J connectivity index is 2.58. The molecule has 17 heavy (non-hydrogen) atoms. The summed E-state index contributed by atoms with van der Waals surface area (Å²) in [6, 6.07) is 0. The maximum absolute atomic E-state index is 10.8. The van der Waals surface area contributed by atoms with E-state index in [-0.39, 0.29) is 17.3 Å². The molecule has 1 heterocycles. The maximum atomic E-state index is 10.8. The quantitative estimate of drug-likeness (QED) is 0.428. The predicted octanol–water partition coefficient (Wildman–Crippen LogP) is 1.96. The van der Waals surface area contributed by atoms with Gasteiger partial charge in [-0.1, -0.05) is 26.2 Å². The zero-order chi connectivity index (χ0) is 12.7. The Bertz CT molecular complexity index is 383. The molecule has 0 unspecified atom stereocenters. The van der Waals surface area contributed by atoms with Crippen molar-refractivity contribution in [2.24, 2.45) is 0 Å². The van der Waals surface area contributed by atoms with E-state index in [9.17, 15) is 10.1 Å². The lowest BCUT2D eigenvalue weighted by Crippen LogP contribution is -2.09. The molecule has 0 bridgehead atoms. The molecule has 7 nitrogen and oxygen atoms in total. The topological polar surface area (TPSA) is 107 Å². The summed E-state index contributed by atoms with van der Waals surface area (Å²) in [5.41, 5.74) is 5.19. The van der Waals surface area contributed by atoms with Crippen molar-refractivity contribution in [1.29, 1.82) is 0 Å². The molecule has 1 aromatic rings. The highest BCUT2D eigenvalue weighted by Gasteiger charge is 2.20. The molecule has 7 heteroatoms. The van der Waals surface area contributed by atoms with Crippen molar-refractivity contribution in [3.63, 3.8) is 0 Å². The third-order valence-corrected chi connectivity index (χ3v) is 2.36.